The number of hydrogen-bond donors (Lipinski definition) is 1. The molecule has 0 radical (unpaired) electrons. The van der Waals surface area contributed by atoms with Gasteiger partial charge in [0.2, 0.25) is 0 Å². The largest absolute Gasteiger partial charge is 0.490 e. The number of anilines is 1. The number of carboxylic acids is 1. The van der Waals surface area contributed by atoms with E-state index in [0.717, 1.165) is 56.4 Å². The van der Waals surface area contributed by atoms with Crippen LogP contribution >= 0.6 is 0 Å². The number of fused-ring (bicyclic) bond motifs is 1. The molecule has 0 amide bonds. The van der Waals surface area contributed by atoms with E-state index in [2.05, 4.69) is 14.9 Å². The maximum absolute atomic E-state index is 10.6. The van der Waals surface area contributed by atoms with Crippen LogP contribution in [0.3, 0.4) is 0 Å². The third-order valence-electron chi connectivity index (χ3n) is 5.12. The molecule has 4 rings (SSSR count). The summed E-state index contributed by atoms with van der Waals surface area (Å²) in [5, 5.41) is 11.4. The summed E-state index contributed by atoms with van der Waals surface area (Å²) in [7, 11) is 6.01. The van der Waals surface area contributed by atoms with E-state index in [1.165, 1.54) is 11.3 Å². The molecule has 0 saturated carbocycles. The van der Waals surface area contributed by atoms with Crippen molar-refractivity contribution in [3.8, 4) is 11.4 Å². The first kappa shape index (κ1) is 22.9. The van der Waals surface area contributed by atoms with Crippen molar-refractivity contribution in [2.75, 3.05) is 38.8 Å². The first-order valence-electron chi connectivity index (χ1n) is 9.74. The van der Waals surface area contributed by atoms with E-state index in [1.54, 1.807) is 4.68 Å². The van der Waals surface area contributed by atoms with Gasteiger partial charge in [-0.15, -0.1) is 0 Å². The lowest BCUT2D eigenvalue weighted by atomic mass is 10.0. The van der Waals surface area contributed by atoms with Gasteiger partial charge in [-0.2, -0.15) is 18.3 Å². The molecule has 0 aliphatic carbocycles. The fourth-order valence-electron chi connectivity index (χ4n) is 3.58. The van der Waals surface area contributed by atoms with E-state index >= 15 is 0 Å². The molecule has 1 N–H and O–H groups in total. The smallest absolute Gasteiger partial charge is 0.475 e. The van der Waals surface area contributed by atoms with E-state index in [-0.39, 0.29) is 0 Å². The number of aliphatic carboxylic acids is 1. The Labute approximate surface area is 177 Å². The molecule has 0 bridgehead atoms. The molecule has 1 fully saturated rings. The van der Waals surface area contributed by atoms with Crippen LogP contribution in [0, 0.1) is 0 Å². The van der Waals surface area contributed by atoms with Crippen molar-refractivity contribution in [2.24, 2.45) is 7.05 Å². The summed E-state index contributed by atoms with van der Waals surface area (Å²) in [6, 6.07) is 0.533. The average Bonchev–Trinajstić information content (AvgIpc) is 3.38. The fraction of sp³-hybridized carbons (Fsp3) is 0.579. The van der Waals surface area contributed by atoms with Crippen molar-refractivity contribution >= 4 is 11.8 Å². The van der Waals surface area contributed by atoms with Gasteiger partial charge in [-0.3, -0.25) is 9.58 Å². The molecule has 2 aliphatic rings. The lowest BCUT2D eigenvalue weighted by molar-refractivity contribution is -0.192. The van der Waals surface area contributed by atoms with Crippen molar-refractivity contribution < 1.29 is 27.8 Å². The predicted octanol–water partition coefficient (Wildman–Crippen LogP) is 1.72. The van der Waals surface area contributed by atoms with Crippen molar-refractivity contribution in [1.29, 1.82) is 0 Å². The zero-order chi connectivity index (χ0) is 22.8. The minimum absolute atomic E-state index is 0.533. The van der Waals surface area contributed by atoms with Gasteiger partial charge < -0.3 is 14.7 Å². The van der Waals surface area contributed by atoms with Crippen LogP contribution in [0.15, 0.2) is 12.4 Å². The van der Waals surface area contributed by atoms with Crippen LogP contribution in [-0.2, 0) is 29.5 Å². The molecule has 1 atom stereocenters. The number of ether oxygens (including phenoxy) is 1. The molecular weight excluding hydrogens is 417 g/mol. The summed E-state index contributed by atoms with van der Waals surface area (Å²) >= 11 is 0. The Morgan fingerprint density at radius 2 is 2.03 bits per heavy atom. The molecule has 0 spiro atoms. The van der Waals surface area contributed by atoms with Gasteiger partial charge >= 0.3 is 12.1 Å². The highest BCUT2D eigenvalue weighted by Gasteiger charge is 2.38. The van der Waals surface area contributed by atoms with Crippen molar-refractivity contribution in [2.45, 2.75) is 31.6 Å². The van der Waals surface area contributed by atoms with Gasteiger partial charge in [0.05, 0.1) is 24.1 Å². The Morgan fingerprint density at radius 3 is 2.55 bits per heavy atom. The number of nitrogens with zero attached hydrogens (tertiary/aromatic N) is 6. The number of aryl methyl sites for hydroxylation is 1. The predicted molar refractivity (Wildman–Crippen MR) is 106 cm³/mol. The molecular formula is C19H25F3N6O3. The summed E-state index contributed by atoms with van der Waals surface area (Å²) in [5.41, 5.74) is 3.39. The third-order valence-corrected chi connectivity index (χ3v) is 5.12. The third kappa shape index (κ3) is 5.50. The quantitative estimate of drug-likeness (QED) is 0.768. The van der Waals surface area contributed by atoms with Crippen LogP contribution in [-0.4, -0.2) is 81.8 Å². The summed E-state index contributed by atoms with van der Waals surface area (Å²) in [6.45, 7) is 3.67. The summed E-state index contributed by atoms with van der Waals surface area (Å²) in [5.74, 6) is -0.974. The molecule has 4 heterocycles. The van der Waals surface area contributed by atoms with Crippen molar-refractivity contribution in [3.63, 3.8) is 0 Å². The number of halogens is 3. The number of carbonyl (C=O) groups is 1. The van der Waals surface area contributed by atoms with Gasteiger partial charge in [-0.25, -0.2) is 14.8 Å². The Bertz CT molecular complexity index is 925. The Hall–Kier alpha value is -2.73. The highest BCUT2D eigenvalue weighted by molar-refractivity contribution is 5.73. The molecule has 1 unspecified atom stereocenters. The van der Waals surface area contributed by atoms with E-state index in [1.807, 2.05) is 33.5 Å². The van der Waals surface area contributed by atoms with Gasteiger partial charge in [-0.1, -0.05) is 0 Å². The molecule has 0 aromatic carbocycles. The molecule has 9 nitrogen and oxygen atoms in total. The van der Waals surface area contributed by atoms with Crippen molar-refractivity contribution in [1.82, 2.24) is 24.6 Å². The second-order valence-corrected chi connectivity index (χ2v) is 7.63. The second-order valence-electron chi connectivity index (χ2n) is 7.63. The van der Waals surface area contributed by atoms with E-state index in [0.29, 0.717) is 6.04 Å². The Balaban J connectivity index is 0.000000339. The molecule has 2 aliphatic heterocycles. The van der Waals surface area contributed by atoms with Crippen LogP contribution in [0.1, 0.15) is 17.7 Å². The molecule has 1 saturated heterocycles. The molecule has 2 aromatic rings. The van der Waals surface area contributed by atoms with Crippen LogP contribution < -0.4 is 4.90 Å². The maximum atomic E-state index is 10.6. The number of rotatable bonds is 3. The standard InChI is InChI=1S/C17H24N6O.C2HF3O2/c1-21(2)17-14-10-23(13-5-7-24-11-13)6-4-15(14)19-16(20-17)12-8-18-22(3)9-12;3-2(4,5)1(6)7/h8-9,13H,4-7,10-11H2,1-3H3;(H,6,7). The van der Waals surface area contributed by atoms with Gasteiger partial charge in [0.1, 0.15) is 5.82 Å². The number of aromatic nitrogens is 4. The number of alkyl halides is 3. The minimum atomic E-state index is -5.08. The van der Waals surface area contributed by atoms with Gasteiger partial charge in [-0.05, 0) is 6.42 Å². The van der Waals surface area contributed by atoms with Crippen LogP contribution in [0.25, 0.3) is 11.4 Å². The normalized spacial score (nSPS) is 18.8. The fourth-order valence-corrected chi connectivity index (χ4v) is 3.58. The second kappa shape index (κ2) is 9.18. The Kier molecular flexibility index (Phi) is 6.80. The molecule has 170 valence electrons. The highest BCUT2D eigenvalue weighted by atomic mass is 19.4. The minimum Gasteiger partial charge on any atom is -0.475 e. The number of carboxylic acid groups (broad SMARTS) is 1. The summed E-state index contributed by atoms with van der Waals surface area (Å²) < 4.78 is 39.1. The number of hydrogen-bond acceptors (Lipinski definition) is 7. The molecule has 12 heteroatoms. The lowest BCUT2D eigenvalue weighted by Gasteiger charge is -2.34. The van der Waals surface area contributed by atoms with Crippen LogP contribution in [0.2, 0.25) is 0 Å². The molecule has 31 heavy (non-hydrogen) atoms. The molecule has 2 aromatic heterocycles. The topological polar surface area (TPSA) is 96.6 Å². The Morgan fingerprint density at radius 1 is 1.32 bits per heavy atom. The van der Waals surface area contributed by atoms with Gasteiger partial charge in [0, 0.05) is 65.1 Å². The zero-order valence-electron chi connectivity index (χ0n) is 17.6. The summed E-state index contributed by atoms with van der Waals surface area (Å²) in [4.78, 5) is 23.2. The van der Waals surface area contributed by atoms with Gasteiger partial charge in [0.25, 0.3) is 0 Å². The lowest BCUT2D eigenvalue weighted by Crippen LogP contribution is -2.40. The summed E-state index contributed by atoms with van der Waals surface area (Å²) in [6.07, 6.45) is 0.794. The monoisotopic (exact) mass is 442 g/mol. The average molecular weight is 442 g/mol. The SMILES string of the molecule is CN(C)c1nc(-c2cnn(C)c2)nc2c1CN(C1CCOC1)CC2.O=C(O)C(F)(F)F. The highest BCUT2D eigenvalue weighted by Crippen LogP contribution is 2.30. The van der Waals surface area contributed by atoms with Crippen LogP contribution in [0.4, 0.5) is 19.0 Å². The zero-order valence-corrected chi connectivity index (χ0v) is 17.6. The van der Waals surface area contributed by atoms with Crippen molar-refractivity contribution in [3.05, 3.63) is 23.7 Å². The van der Waals surface area contributed by atoms with Crippen LogP contribution in [0.5, 0.6) is 0 Å². The first-order valence-corrected chi connectivity index (χ1v) is 9.74. The van der Waals surface area contributed by atoms with Gasteiger partial charge in [0.15, 0.2) is 5.82 Å². The van der Waals surface area contributed by atoms with E-state index in [9.17, 15) is 13.2 Å². The first-order chi connectivity index (χ1) is 14.6. The maximum Gasteiger partial charge on any atom is 0.490 e. The van der Waals surface area contributed by atoms with E-state index in [4.69, 9.17) is 24.6 Å². The van der Waals surface area contributed by atoms with E-state index < -0.39 is 12.1 Å².